The van der Waals surface area contributed by atoms with Gasteiger partial charge >= 0.3 is 5.76 Å². The Morgan fingerprint density at radius 2 is 1.90 bits per heavy atom. The Morgan fingerprint density at radius 1 is 1.20 bits per heavy atom. The molecule has 162 valence electrons. The van der Waals surface area contributed by atoms with E-state index in [1.807, 2.05) is 18.7 Å². The Balaban J connectivity index is 1.37. The van der Waals surface area contributed by atoms with Gasteiger partial charge in [0.15, 0.2) is 11.8 Å². The number of rotatable bonds is 4. The van der Waals surface area contributed by atoms with Crippen LogP contribution in [0.15, 0.2) is 33.5 Å². The molecule has 2 aliphatic heterocycles. The van der Waals surface area contributed by atoms with E-state index in [4.69, 9.17) is 4.42 Å². The lowest BCUT2D eigenvalue weighted by Gasteiger charge is -2.44. The summed E-state index contributed by atoms with van der Waals surface area (Å²) in [6, 6.07) is 6.43. The number of carbonyl (C=O) groups is 2. The van der Waals surface area contributed by atoms with Crippen LogP contribution in [0.2, 0.25) is 0 Å². The molecule has 3 heterocycles. The van der Waals surface area contributed by atoms with Gasteiger partial charge in [0.25, 0.3) is 5.91 Å². The third-order valence-electron chi connectivity index (χ3n) is 5.81. The number of oxazole rings is 1. The fourth-order valence-electron chi connectivity index (χ4n) is 4.04. The van der Waals surface area contributed by atoms with Gasteiger partial charge in [-0.2, -0.15) is 0 Å². The minimum atomic E-state index is -1.58. The number of carbonyl (C=O) groups excluding carboxylic acids is 2. The van der Waals surface area contributed by atoms with Crippen molar-refractivity contribution >= 4 is 22.9 Å². The predicted octanol–water partition coefficient (Wildman–Crippen LogP) is 0.104. The molecule has 1 aromatic carbocycles. The molecule has 2 amide bonds. The molecule has 2 N–H and O–H groups in total. The van der Waals surface area contributed by atoms with Gasteiger partial charge in [0.2, 0.25) is 5.91 Å². The predicted molar refractivity (Wildman–Crippen MR) is 107 cm³/mol. The summed E-state index contributed by atoms with van der Waals surface area (Å²) in [5, 5.41) is 5.84. The van der Waals surface area contributed by atoms with Crippen molar-refractivity contribution < 1.29 is 18.4 Å². The van der Waals surface area contributed by atoms with E-state index in [1.165, 1.54) is 4.57 Å². The molecule has 2 fully saturated rings. The number of aromatic nitrogens is 1. The minimum Gasteiger partial charge on any atom is -0.408 e. The first kappa shape index (κ1) is 20.5. The van der Waals surface area contributed by atoms with Gasteiger partial charge in [0.05, 0.1) is 11.6 Å². The lowest BCUT2D eigenvalue weighted by Crippen LogP contribution is -2.71. The quantitative estimate of drug-likeness (QED) is 0.730. The van der Waals surface area contributed by atoms with Crippen LogP contribution in [0.25, 0.3) is 11.1 Å². The van der Waals surface area contributed by atoms with E-state index in [2.05, 4.69) is 10.6 Å². The zero-order valence-electron chi connectivity index (χ0n) is 17.0. The lowest BCUT2D eigenvalue weighted by molar-refractivity contribution is -0.139. The van der Waals surface area contributed by atoms with Crippen molar-refractivity contribution in [3.63, 3.8) is 0 Å². The molecule has 1 aromatic heterocycles. The molecule has 9 nitrogen and oxygen atoms in total. The highest BCUT2D eigenvalue weighted by molar-refractivity contribution is 5.82. The van der Waals surface area contributed by atoms with Crippen LogP contribution in [0.4, 0.5) is 4.39 Å². The van der Waals surface area contributed by atoms with Crippen molar-refractivity contribution in [1.82, 2.24) is 25.0 Å². The highest BCUT2D eigenvalue weighted by Crippen LogP contribution is 2.17. The van der Waals surface area contributed by atoms with E-state index in [1.54, 1.807) is 29.2 Å². The second kappa shape index (κ2) is 8.19. The van der Waals surface area contributed by atoms with Crippen molar-refractivity contribution in [2.75, 3.05) is 26.2 Å². The standard InChI is InChI=1S/C20H26FN5O4/c1-12(2)17-16(21)18(28)23-19(22-17)25-9-7-24(8-10-25)15(27)11-26-13-5-3-4-6-14(13)30-20(26)29/h3-6,12,16-17,19,22H,7-11H2,1-2H3,(H,23,28). The monoisotopic (exact) mass is 419 g/mol. The number of halogens is 1. The molecule has 0 bridgehead atoms. The largest absolute Gasteiger partial charge is 0.420 e. The van der Waals surface area contributed by atoms with Crippen molar-refractivity contribution in [1.29, 1.82) is 0 Å². The Morgan fingerprint density at radius 3 is 2.60 bits per heavy atom. The summed E-state index contributed by atoms with van der Waals surface area (Å²) in [7, 11) is 0. The zero-order chi connectivity index (χ0) is 21.4. The minimum absolute atomic E-state index is 0.0282. The topological polar surface area (TPSA) is 99.8 Å². The van der Waals surface area contributed by atoms with Gasteiger partial charge < -0.3 is 14.6 Å². The van der Waals surface area contributed by atoms with Crippen LogP contribution in [-0.4, -0.2) is 70.9 Å². The van der Waals surface area contributed by atoms with Crippen LogP contribution in [0.5, 0.6) is 0 Å². The maximum absolute atomic E-state index is 14.1. The van der Waals surface area contributed by atoms with Crippen LogP contribution in [0, 0.1) is 5.92 Å². The van der Waals surface area contributed by atoms with E-state index in [0.717, 1.165) is 0 Å². The molecule has 0 aliphatic carbocycles. The SMILES string of the molecule is CC(C)C1NC(N2CCN(C(=O)Cn3c(=O)oc4ccccc43)CC2)NC(=O)C1F. The number of nitrogens with zero attached hydrogens (tertiary/aromatic N) is 3. The zero-order valence-corrected chi connectivity index (χ0v) is 17.0. The summed E-state index contributed by atoms with van der Waals surface area (Å²) in [4.78, 5) is 40.5. The number of benzene rings is 1. The molecular formula is C20H26FN5O4. The third kappa shape index (κ3) is 3.84. The Hall–Kier alpha value is -2.72. The third-order valence-corrected chi connectivity index (χ3v) is 5.81. The highest BCUT2D eigenvalue weighted by Gasteiger charge is 2.40. The Kier molecular flexibility index (Phi) is 5.61. The van der Waals surface area contributed by atoms with Crippen LogP contribution in [0.3, 0.4) is 0 Å². The van der Waals surface area contributed by atoms with Crippen LogP contribution in [0.1, 0.15) is 13.8 Å². The second-order valence-corrected chi connectivity index (χ2v) is 8.09. The molecule has 3 unspecified atom stereocenters. The van der Waals surface area contributed by atoms with E-state index in [9.17, 15) is 18.8 Å². The van der Waals surface area contributed by atoms with Gasteiger partial charge in [-0.05, 0) is 18.1 Å². The number of alkyl halides is 1. The Bertz CT molecular complexity index is 994. The van der Waals surface area contributed by atoms with Crippen LogP contribution >= 0.6 is 0 Å². The molecule has 10 heteroatoms. The smallest absolute Gasteiger partial charge is 0.408 e. The maximum Gasteiger partial charge on any atom is 0.420 e. The highest BCUT2D eigenvalue weighted by atomic mass is 19.1. The first-order chi connectivity index (χ1) is 14.3. The first-order valence-electron chi connectivity index (χ1n) is 10.2. The molecule has 2 aromatic rings. The summed E-state index contributed by atoms with van der Waals surface area (Å²) in [5.74, 6) is -1.37. The summed E-state index contributed by atoms with van der Waals surface area (Å²) < 4.78 is 20.7. The number of fused-ring (bicyclic) bond motifs is 1. The van der Waals surface area contributed by atoms with Crippen molar-refractivity contribution in [3.05, 3.63) is 34.8 Å². The second-order valence-electron chi connectivity index (χ2n) is 8.09. The summed E-state index contributed by atoms with van der Waals surface area (Å²) >= 11 is 0. The van der Waals surface area contributed by atoms with Gasteiger partial charge in [-0.25, -0.2) is 9.18 Å². The van der Waals surface area contributed by atoms with Gasteiger partial charge in [-0.3, -0.25) is 24.4 Å². The molecule has 3 atom stereocenters. The van der Waals surface area contributed by atoms with Gasteiger partial charge in [0.1, 0.15) is 12.8 Å². The number of piperazine rings is 1. The van der Waals surface area contributed by atoms with E-state index < -0.39 is 30.2 Å². The van der Waals surface area contributed by atoms with Gasteiger partial charge in [-0.15, -0.1) is 0 Å². The molecular weight excluding hydrogens is 393 g/mol. The average Bonchev–Trinajstić information content (AvgIpc) is 3.05. The first-order valence-corrected chi connectivity index (χ1v) is 10.2. The number of nitrogens with one attached hydrogen (secondary N) is 2. The summed E-state index contributed by atoms with van der Waals surface area (Å²) in [6.07, 6.45) is -2.04. The normalized spacial score (nSPS) is 25.7. The fraction of sp³-hybridized carbons (Fsp3) is 0.550. The van der Waals surface area contributed by atoms with Crippen molar-refractivity contribution in [2.24, 2.45) is 5.92 Å². The molecule has 2 aliphatic rings. The lowest BCUT2D eigenvalue weighted by atomic mass is 9.97. The maximum atomic E-state index is 14.1. The van der Waals surface area contributed by atoms with Crippen LogP contribution in [-0.2, 0) is 16.1 Å². The number of amides is 2. The Labute approximate surface area is 172 Å². The van der Waals surface area contributed by atoms with Gasteiger partial charge in [0, 0.05) is 26.2 Å². The van der Waals surface area contributed by atoms with E-state index in [-0.39, 0.29) is 18.4 Å². The van der Waals surface area contributed by atoms with E-state index >= 15 is 0 Å². The average molecular weight is 419 g/mol. The summed E-state index contributed by atoms with van der Waals surface area (Å²) in [6.45, 7) is 5.59. The van der Waals surface area contributed by atoms with Gasteiger partial charge in [-0.1, -0.05) is 26.0 Å². The van der Waals surface area contributed by atoms with Crippen molar-refractivity contribution in [2.45, 2.75) is 38.9 Å². The molecule has 0 spiro atoms. The number of hydrogen-bond donors (Lipinski definition) is 2. The molecule has 2 saturated heterocycles. The molecule has 0 saturated carbocycles. The summed E-state index contributed by atoms with van der Waals surface area (Å²) in [5.41, 5.74) is 1.04. The molecule has 30 heavy (non-hydrogen) atoms. The number of hydrogen-bond acceptors (Lipinski definition) is 6. The molecule has 4 rings (SSSR count). The fourth-order valence-corrected chi connectivity index (χ4v) is 4.04. The van der Waals surface area contributed by atoms with Crippen LogP contribution < -0.4 is 16.4 Å². The van der Waals surface area contributed by atoms with Crippen molar-refractivity contribution in [3.8, 4) is 0 Å². The molecule has 0 radical (unpaired) electrons. The number of para-hydroxylation sites is 2. The van der Waals surface area contributed by atoms with E-state index in [0.29, 0.717) is 37.3 Å².